The maximum atomic E-state index is 12.8. The Labute approximate surface area is 126 Å². The number of hydrogen-bond acceptors (Lipinski definition) is 2. The monoisotopic (exact) mass is 310 g/mol. The highest BCUT2D eigenvalue weighted by Crippen LogP contribution is 2.30. The van der Waals surface area contributed by atoms with Crippen LogP contribution in [0.15, 0.2) is 41.3 Å². The Morgan fingerprint density at radius 3 is 2.32 bits per heavy atom. The molecule has 0 fully saturated rings. The fourth-order valence-electron chi connectivity index (χ4n) is 2.23. The molecule has 2 aromatic rings. The van der Waals surface area contributed by atoms with Crippen molar-refractivity contribution in [2.75, 3.05) is 0 Å². The molecule has 0 spiro atoms. The van der Waals surface area contributed by atoms with E-state index in [2.05, 4.69) is 0 Å². The Balaban J connectivity index is 2.66. The number of aryl methyl sites for hydroxylation is 1. The molecule has 2 N–H and O–H groups in total. The summed E-state index contributed by atoms with van der Waals surface area (Å²) < 4.78 is 40.1. The second-order valence-electron chi connectivity index (χ2n) is 5.83. The second kappa shape index (κ2) is 5.28. The minimum absolute atomic E-state index is 0.228. The first kappa shape index (κ1) is 16.3. The molecular weight excluding hydrogens is 293 g/mol. The number of rotatable bonds is 2. The average Bonchev–Trinajstić information content (AvgIpc) is 2.36. The highest BCUT2D eigenvalue weighted by atomic mass is 19.4. The number of alkyl halides is 3. The van der Waals surface area contributed by atoms with Gasteiger partial charge in [0.2, 0.25) is 0 Å². The normalized spacial score (nSPS) is 12.5. The summed E-state index contributed by atoms with van der Waals surface area (Å²) in [5.41, 5.74) is 5.33. The van der Waals surface area contributed by atoms with Gasteiger partial charge in [-0.3, -0.25) is 4.79 Å². The standard InChI is InChI=1S/C16H17F3N2O/c1-10-7-14(22)13(15(2,3)20)9-21(10)12-6-4-5-11(8-12)16(17,18)19/h4-9H,20H2,1-3H3. The number of benzene rings is 1. The molecule has 118 valence electrons. The molecule has 1 heterocycles. The summed E-state index contributed by atoms with van der Waals surface area (Å²) in [5, 5.41) is 0. The van der Waals surface area contributed by atoms with Crippen LogP contribution in [0.25, 0.3) is 5.69 Å². The quantitative estimate of drug-likeness (QED) is 0.924. The zero-order valence-corrected chi connectivity index (χ0v) is 12.5. The molecule has 0 amide bonds. The van der Waals surface area contributed by atoms with E-state index in [9.17, 15) is 18.0 Å². The molecule has 2 rings (SSSR count). The molecule has 0 aliphatic carbocycles. The van der Waals surface area contributed by atoms with Gasteiger partial charge in [-0.15, -0.1) is 0 Å². The highest BCUT2D eigenvalue weighted by molar-refractivity contribution is 5.40. The van der Waals surface area contributed by atoms with Crippen molar-refractivity contribution in [2.45, 2.75) is 32.5 Å². The van der Waals surface area contributed by atoms with E-state index in [0.29, 0.717) is 16.9 Å². The second-order valence-corrected chi connectivity index (χ2v) is 5.83. The molecule has 1 aromatic carbocycles. The molecule has 6 heteroatoms. The Bertz CT molecular complexity index is 755. The van der Waals surface area contributed by atoms with Crippen molar-refractivity contribution < 1.29 is 13.2 Å². The van der Waals surface area contributed by atoms with Crippen LogP contribution in [0.4, 0.5) is 13.2 Å². The summed E-state index contributed by atoms with van der Waals surface area (Å²) in [6.45, 7) is 5.01. The largest absolute Gasteiger partial charge is 0.416 e. The van der Waals surface area contributed by atoms with Crippen LogP contribution in [0.5, 0.6) is 0 Å². The summed E-state index contributed by atoms with van der Waals surface area (Å²) in [5.74, 6) is 0. The van der Waals surface area contributed by atoms with Crippen molar-refractivity contribution in [2.24, 2.45) is 5.73 Å². The van der Waals surface area contributed by atoms with Crippen LogP contribution < -0.4 is 11.2 Å². The Morgan fingerprint density at radius 2 is 1.77 bits per heavy atom. The van der Waals surface area contributed by atoms with Crippen molar-refractivity contribution in [3.8, 4) is 5.69 Å². The maximum Gasteiger partial charge on any atom is 0.416 e. The third-order valence-corrected chi connectivity index (χ3v) is 3.39. The molecule has 0 aliphatic rings. The number of nitrogens with two attached hydrogens (primary N) is 1. The van der Waals surface area contributed by atoms with Crippen LogP contribution in [0, 0.1) is 6.92 Å². The van der Waals surface area contributed by atoms with E-state index in [4.69, 9.17) is 5.73 Å². The lowest BCUT2D eigenvalue weighted by atomic mass is 9.96. The van der Waals surface area contributed by atoms with E-state index in [1.54, 1.807) is 31.4 Å². The number of aromatic nitrogens is 1. The molecule has 0 unspecified atom stereocenters. The topological polar surface area (TPSA) is 48.0 Å². The van der Waals surface area contributed by atoms with Crippen molar-refractivity contribution in [1.29, 1.82) is 0 Å². The average molecular weight is 310 g/mol. The Hall–Kier alpha value is -2.08. The molecule has 0 aliphatic heterocycles. The van der Waals surface area contributed by atoms with Gasteiger partial charge in [-0.25, -0.2) is 0 Å². The summed E-state index contributed by atoms with van der Waals surface area (Å²) >= 11 is 0. The summed E-state index contributed by atoms with van der Waals surface area (Å²) in [7, 11) is 0. The predicted octanol–water partition coefficient (Wildman–Crippen LogP) is 3.36. The van der Waals surface area contributed by atoms with Crippen LogP contribution in [0.2, 0.25) is 0 Å². The molecule has 0 saturated carbocycles. The molecule has 0 saturated heterocycles. The number of hydrogen-bond donors (Lipinski definition) is 1. The number of nitrogens with zero attached hydrogens (tertiary/aromatic N) is 1. The first-order chi connectivity index (χ1) is 10.00. The van der Waals surface area contributed by atoms with Crippen LogP contribution in [0.1, 0.15) is 30.7 Å². The third kappa shape index (κ3) is 3.22. The SMILES string of the molecule is Cc1cc(=O)c(C(C)(C)N)cn1-c1cccc(C(F)(F)F)c1. The molecule has 3 nitrogen and oxygen atoms in total. The van der Waals surface area contributed by atoms with Crippen molar-refractivity contribution in [3.05, 3.63) is 63.6 Å². The molecule has 0 radical (unpaired) electrons. The lowest BCUT2D eigenvalue weighted by molar-refractivity contribution is -0.137. The van der Waals surface area contributed by atoms with Gasteiger partial charge < -0.3 is 10.3 Å². The van der Waals surface area contributed by atoms with Gasteiger partial charge in [0.1, 0.15) is 0 Å². The van der Waals surface area contributed by atoms with E-state index >= 15 is 0 Å². The van der Waals surface area contributed by atoms with E-state index in [1.807, 2.05) is 0 Å². The van der Waals surface area contributed by atoms with Gasteiger partial charge in [-0.1, -0.05) is 6.07 Å². The van der Waals surface area contributed by atoms with Crippen LogP contribution in [0.3, 0.4) is 0 Å². The minimum atomic E-state index is -4.42. The van der Waals surface area contributed by atoms with Crippen LogP contribution in [-0.2, 0) is 11.7 Å². The van der Waals surface area contributed by atoms with Crippen molar-refractivity contribution in [1.82, 2.24) is 4.57 Å². The molecular formula is C16H17F3N2O. The van der Waals surface area contributed by atoms with Gasteiger partial charge >= 0.3 is 6.18 Å². The zero-order chi connectivity index (χ0) is 16.7. The van der Waals surface area contributed by atoms with Crippen LogP contribution in [-0.4, -0.2) is 4.57 Å². The van der Waals surface area contributed by atoms with Crippen molar-refractivity contribution >= 4 is 0 Å². The van der Waals surface area contributed by atoms with E-state index in [1.165, 1.54) is 18.3 Å². The first-order valence-electron chi connectivity index (χ1n) is 6.70. The van der Waals surface area contributed by atoms with E-state index < -0.39 is 17.3 Å². The van der Waals surface area contributed by atoms with Crippen molar-refractivity contribution in [3.63, 3.8) is 0 Å². The summed E-state index contributed by atoms with van der Waals surface area (Å²) in [6.07, 6.45) is -2.91. The van der Waals surface area contributed by atoms with Gasteiger partial charge in [-0.05, 0) is 39.0 Å². The molecule has 0 atom stereocenters. The summed E-state index contributed by atoms with van der Waals surface area (Å²) in [4.78, 5) is 12.0. The summed E-state index contributed by atoms with van der Waals surface area (Å²) in [6, 6.07) is 6.33. The van der Waals surface area contributed by atoms with E-state index in [0.717, 1.165) is 12.1 Å². The lowest BCUT2D eigenvalue weighted by Crippen LogP contribution is -2.35. The third-order valence-electron chi connectivity index (χ3n) is 3.39. The molecule has 22 heavy (non-hydrogen) atoms. The number of pyridine rings is 1. The van der Waals surface area contributed by atoms with Gasteiger partial charge in [-0.2, -0.15) is 13.2 Å². The van der Waals surface area contributed by atoms with Gasteiger partial charge in [0, 0.05) is 34.7 Å². The zero-order valence-electron chi connectivity index (χ0n) is 12.5. The molecule has 1 aromatic heterocycles. The maximum absolute atomic E-state index is 12.8. The fourth-order valence-corrected chi connectivity index (χ4v) is 2.23. The Morgan fingerprint density at radius 1 is 1.14 bits per heavy atom. The van der Waals surface area contributed by atoms with Gasteiger partial charge in [0.05, 0.1) is 5.56 Å². The number of halogens is 3. The smallest absolute Gasteiger partial charge is 0.322 e. The van der Waals surface area contributed by atoms with Gasteiger partial charge in [0.25, 0.3) is 0 Å². The lowest BCUT2D eigenvalue weighted by Gasteiger charge is -2.21. The van der Waals surface area contributed by atoms with Gasteiger partial charge in [0.15, 0.2) is 5.43 Å². The fraction of sp³-hybridized carbons (Fsp3) is 0.312. The molecule has 0 bridgehead atoms. The highest BCUT2D eigenvalue weighted by Gasteiger charge is 2.30. The van der Waals surface area contributed by atoms with E-state index in [-0.39, 0.29) is 5.43 Å². The predicted molar refractivity (Wildman–Crippen MR) is 79.0 cm³/mol. The minimum Gasteiger partial charge on any atom is -0.322 e. The Kier molecular flexibility index (Phi) is 3.91. The van der Waals surface area contributed by atoms with Crippen LogP contribution >= 0.6 is 0 Å². The first-order valence-corrected chi connectivity index (χ1v) is 6.70.